The predicted molar refractivity (Wildman–Crippen MR) is 55.8 cm³/mol. The molecule has 0 radical (unpaired) electrons. The van der Waals surface area contributed by atoms with Gasteiger partial charge in [0.2, 0.25) is 0 Å². The van der Waals surface area contributed by atoms with E-state index in [-0.39, 0.29) is 11.6 Å². The van der Waals surface area contributed by atoms with E-state index in [0.717, 1.165) is 9.36 Å². The van der Waals surface area contributed by atoms with Crippen molar-refractivity contribution < 1.29 is 9.34 Å². The summed E-state index contributed by atoms with van der Waals surface area (Å²) in [7, 11) is 1.48. The summed E-state index contributed by atoms with van der Waals surface area (Å²) in [5, 5.41) is 17.8. The van der Waals surface area contributed by atoms with Gasteiger partial charge in [0.05, 0.1) is 12.3 Å². The number of aromatic nitrogens is 3. The topological polar surface area (TPSA) is 108 Å². The van der Waals surface area contributed by atoms with Crippen LogP contribution in [-0.2, 0) is 7.05 Å². The lowest BCUT2D eigenvalue weighted by molar-refractivity contribution is -0.402. The molecule has 0 aromatic carbocycles. The first-order valence-electron chi connectivity index (χ1n) is 4.47. The van der Waals surface area contributed by atoms with Gasteiger partial charge in [-0.3, -0.25) is 10.1 Å². The van der Waals surface area contributed by atoms with E-state index in [2.05, 4.69) is 10.2 Å². The summed E-state index contributed by atoms with van der Waals surface area (Å²) in [6.07, 6.45) is 2.41. The van der Waals surface area contributed by atoms with E-state index in [1.807, 2.05) is 0 Å². The molecule has 0 spiro atoms. The Morgan fingerprint density at radius 2 is 2.35 bits per heavy atom. The van der Waals surface area contributed by atoms with Crippen LogP contribution in [0.3, 0.4) is 0 Å². The standard InChI is InChI=1S/C8H7N5O4/c1-11-8(14)12(5-10-11)9-4-6-2-3-7(17-6)13(15)16/h2-5H,1H3. The summed E-state index contributed by atoms with van der Waals surface area (Å²) in [5.74, 6) is -0.211. The maximum Gasteiger partial charge on any atom is 0.433 e. The SMILES string of the molecule is Cn1ncn(N=Cc2ccc([N+](=O)[O-])o2)c1=O. The Hall–Kier alpha value is -2.71. The summed E-state index contributed by atoms with van der Waals surface area (Å²) in [5.41, 5.74) is -0.428. The molecule has 2 aromatic heterocycles. The van der Waals surface area contributed by atoms with Crippen molar-refractivity contribution in [2.75, 3.05) is 0 Å². The molecule has 2 rings (SSSR count). The Kier molecular flexibility index (Phi) is 2.57. The average molecular weight is 237 g/mol. The second-order valence-corrected chi connectivity index (χ2v) is 3.06. The Morgan fingerprint density at radius 1 is 1.59 bits per heavy atom. The molecule has 0 fully saturated rings. The van der Waals surface area contributed by atoms with E-state index in [4.69, 9.17) is 4.42 Å². The average Bonchev–Trinajstić information content (AvgIpc) is 2.86. The molecule has 9 nitrogen and oxygen atoms in total. The number of nitrogens with zero attached hydrogens (tertiary/aromatic N) is 5. The van der Waals surface area contributed by atoms with Crippen molar-refractivity contribution in [3.05, 3.63) is 44.8 Å². The van der Waals surface area contributed by atoms with E-state index in [0.29, 0.717) is 0 Å². The lowest BCUT2D eigenvalue weighted by Gasteiger charge is -1.86. The molecule has 0 saturated carbocycles. The van der Waals surface area contributed by atoms with Crippen molar-refractivity contribution in [2.45, 2.75) is 0 Å². The van der Waals surface area contributed by atoms with Crippen molar-refractivity contribution in [1.82, 2.24) is 14.5 Å². The largest absolute Gasteiger partial charge is 0.433 e. The van der Waals surface area contributed by atoms with Crippen LogP contribution in [0, 0.1) is 10.1 Å². The molecule has 9 heteroatoms. The van der Waals surface area contributed by atoms with E-state index < -0.39 is 10.6 Å². The second-order valence-electron chi connectivity index (χ2n) is 3.06. The fraction of sp³-hybridized carbons (Fsp3) is 0.125. The zero-order valence-corrected chi connectivity index (χ0v) is 8.68. The van der Waals surface area contributed by atoms with Crippen LogP contribution in [-0.4, -0.2) is 25.6 Å². The van der Waals surface area contributed by atoms with Gasteiger partial charge >= 0.3 is 11.6 Å². The van der Waals surface area contributed by atoms with Gasteiger partial charge in [0.25, 0.3) is 0 Å². The molecular weight excluding hydrogens is 230 g/mol. The molecule has 2 heterocycles. The minimum atomic E-state index is -0.659. The highest BCUT2D eigenvalue weighted by atomic mass is 16.6. The molecular formula is C8H7N5O4. The molecule has 0 aliphatic heterocycles. The van der Waals surface area contributed by atoms with Gasteiger partial charge in [-0.1, -0.05) is 0 Å². The van der Waals surface area contributed by atoms with Crippen molar-refractivity contribution in [1.29, 1.82) is 0 Å². The third kappa shape index (κ3) is 2.12. The maximum absolute atomic E-state index is 11.3. The Bertz CT molecular complexity index is 634. The van der Waals surface area contributed by atoms with Crippen molar-refractivity contribution in [3.8, 4) is 0 Å². The van der Waals surface area contributed by atoms with Crippen LogP contribution in [0.25, 0.3) is 0 Å². The van der Waals surface area contributed by atoms with Crippen LogP contribution in [0.2, 0.25) is 0 Å². The van der Waals surface area contributed by atoms with E-state index in [1.165, 1.54) is 31.7 Å². The molecule has 2 aromatic rings. The fourth-order valence-electron chi connectivity index (χ4n) is 1.08. The quantitative estimate of drug-likeness (QED) is 0.423. The van der Waals surface area contributed by atoms with Gasteiger partial charge in [0.1, 0.15) is 11.3 Å². The molecule has 0 unspecified atom stereocenters. The molecule has 0 bridgehead atoms. The lowest BCUT2D eigenvalue weighted by Crippen LogP contribution is -2.19. The summed E-state index contributed by atoms with van der Waals surface area (Å²) in [6, 6.07) is 2.58. The van der Waals surface area contributed by atoms with Gasteiger partial charge in [-0.05, 0) is 6.07 Å². The number of furan rings is 1. The molecule has 0 atom stereocenters. The lowest BCUT2D eigenvalue weighted by atomic mass is 10.5. The number of hydrogen-bond donors (Lipinski definition) is 0. The van der Waals surface area contributed by atoms with Crippen LogP contribution in [0.4, 0.5) is 5.88 Å². The van der Waals surface area contributed by atoms with Crippen LogP contribution in [0.5, 0.6) is 0 Å². The molecule has 17 heavy (non-hydrogen) atoms. The zero-order chi connectivity index (χ0) is 12.4. The van der Waals surface area contributed by atoms with Crippen LogP contribution in [0.15, 0.2) is 32.8 Å². The van der Waals surface area contributed by atoms with E-state index in [1.54, 1.807) is 0 Å². The van der Waals surface area contributed by atoms with Gasteiger partial charge in [-0.25, -0.2) is 9.48 Å². The predicted octanol–water partition coefficient (Wildman–Crippen LogP) is -0.0348. The third-order valence-corrected chi connectivity index (χ3v) is 1.91. The van der Waals surface area contributed by atoms with Crippen LogP contribution < -0.4 is 5.69 Å². The smallest absolute Gasteiger partial charge is 0.400 e. The fourth-order valence-corrected chi connectivity index (χ4v) is 1.08. The second kappa shape index (κ2) is 4.04. The number of nitro groups is 1. The van der Waals surface area contributed by atoms with Gasteiger partial charge in [0.15, 0.2) is 5.76 Å². The summed E-state index contributed by atoms with van der Waals surface area (Å²) in [6.45, 7) is 0. The Balaban J connectivity index is 2.23. The van der Waals surface area contributed by atoms with E-state index >= 15 is 0 Å². The molecule has 0 aliphatic rings. The van der Waals surface area contributed by atoms with Crippen LogP contribution in [0.1, 0.15) is 5.76 Å². The third-order valence-electron chi connectivity index (χ3n) is 1.91. The summed E-state index contributed by atoms with van der Waals surface area (Å²) in [4.78, 5) is 21.0. The Labute approximate surface area is 93.7 Å². The molecule has 0 N–H and O–H groups in total. The first-order chi connectivity index (χ1) is 8.08. The molecule has 0 aliphatic carbocycles. The van der Waals surface area contributed by atoms with E-state index in [9.17, 15) is 14.9 Å². The monoisotopic (exact) mass is 237 g/mol. The molecule has 88 valence electrons. The summed E-state index contributed by atoms with van der Waals surface area (Å²) < 4.78 is 6.90. The van der Waals surface area contributed by atoms with Gasteiger partial charge < -0.3 is 4.42 Å². The van der Waals surface area contributed by atoms with Crippen molar-refractivity contribution >= 4 is 12.1 Å². The first kappa shape index (κ1) is 10.8. The van der Waals surface area contributed by atoms with Crippen molar-refractivity contribution in [3.63, 3.8) is 0 Å². The molecule has 0 amide bonds. The highest BCUT2D eigenvalue weighted by Crippen LogP contribution is 2.13. The van der Waals surface area contributed by atoms with Crippen molar-refractivity contribution in [2.24, 2.45) is 12.1 Å². The number of aryl methyl sites for hydroxylation is 1. The number of hydrogen-bond acceptors (Lipinski definition) is 6. The Morgan fingerprint density at radius 3 is 2.88 bits per heavy atom. The van der Waals surface area contributed by atoms with Crippen LogP contribution >= 0.6 is 0 Å². The maximum atomic E-state index is 11.3. The number of rotatable bonds is 3. The van der Waals surface area contributed by atoms with Gasteiger partial charge in [-0.15, -0.1) is 0 Å². The minimum Gasteiger partial charge on any atom is -0.400 e. The first-order valence-corrected chi connectivity index (χ1v) is 4.47. The summed E-state index contributed by atoms with van der Waals surface area (Å²) >= 11 is 0. The molecule has 0 saturated heterocycles. The van der Waals surface area contributed by atoms with Gasteiger partial charge in [0, 0.05) is 7.05 Å². The normalized spacial score (nSPS) is 11.1. The minimum absolute atomic E-state index is 0.174. The van der Waals surface area contributed by atoms with Gasteiger partial charge in [-0.2, -0.15) is 14.9 Å². The highest BCUT2D eigenvalue weighted by Gasteiger charge is 2.10. The zero-order valence-electron chi connectivity index (χ0n) is 8.68. The highest BCUT2D eigenvalue weighted by molar-refractivity contribution is 5.76.